The van der Waals surface area contributed by atoms with Gasteiger partial charge in [-0.25, -0.2) is 4.79 Å². The van der Waals surface area contributed by atoms with Gasteiger partial charge in [-0.15, -0.1) is 11.3 Å². The molecule has 9 nitrogen and oxygen atoms in total. The summed E-state index contributed by atoms with van der Waals surface area (Å²) in [5.41, 5.74) is 2.15. The topological polar surface area (TPSA) is 105 Å². The summed E-state index contributed by atoms with van der Waals surface area (Å²) in [6.07, 6.45) is 3.68. The van der Waals surface area contributed by atoms with Gasteiger partial charge in [0.1, 0.15) is 5.00 Å². The number of hydrogen-bond acceptors (Lipinski definition) is 8. The molecule has 0 atom stereocenters. The van der Waals surface area contributed by atoms with Crippen molar-refractivity contribution in [2.45, 2.75) is 39.5 Å². The highest BCUT2D eigenvalue weighted by Crippen LogP contribution is 2.39. The van der Waals surface area contributed by atoms with Gasteiger partial charge >= 0.3 is 5.97 Å². The first-order chi connectivity index (χ1) is 16.4. The molecule has 2 aliphatic rings. The maximum atomic E-state index is 13.5. The molecule has 2 aromatic rings. The molecule has 0 saturated carbocycles. The number of ether oxygens (including phenoxy) is 1. The summed E-state index contributed by atoms with van der Waals surface area (Å²) in [4.78, 5) is 42.7. The van der Waals surface area contributed by atoms with Crippen molar-refractivity contribution >= 4 is 39.6 Å². The number of nitrogens with zero attached hydrogens (tertiary/aromatic N) is 3. The van der Waals surface area contributed by atoms with E-state index in [1.165, 1.54) is 23.5 Å². The van der Waals surface area contributed by atoms with Crippen molar-refractivity contribution in [2.75, 3.05) is 49.5 Å². The van der Waals surface area contributed by atoms with Crippen LogP contribution in [0.4, 0.5) is 16.4 Å². The van der Waals surface area contributed by atoms with E-state index in [1.807, 2.05) is 0 Å². The molecule has 1 fully saturated rings. The second-order valence-electron chi connectivity index (χ2n) is 8.47. The minimum absolute atomic E-state index is 0.141. The minimum Gasteiger partial charge on any atom is -0.462 e. The lowest BCUT2D eigenvalue weighted by Crippen LogP contribution is -2.46. The predicted octanol–water partition coefficient (Wildman–Crippen LogP) is 4.11. The Labute approximate surface area is 202 Å². The Morgan fingerprint density at radius 2 is 1.88 bits per heavy atom. The van der Waals surface area contributed by atoms with Crippen LogP contribution in [0.2, 0.25) is 0 Å². The molecule has 1 N–H and O–H groups in total. The van der Waals surface area contributed by atoms with Crippen LogP contribution in [-0.4, -0.2) is 61.0 Å². The molecule has 0 unspecified atom stereocenters. The number of benzene rings is 1. The quantitative estimate of drug-likeness (QED) is 0.357. The zero-order chi connectivity index (χ0) is 24.2. The number of nitro groups is 1. The van der Waals surface area contributed by atoms with Gasteiger partial charge in [0.2, 0.25) is 0 Å². The van der Waals surface area contributed by atoms with Crippen molar-refractivity contribution in [3.8, 4) is 0 Å². The van der Waals surface area contributed by atoms with E-state index in [0.717, 1.165) is 68.8 Å². The number of thiophene rings is 1. The largest absolute Gasteiger partial charge is 0.462 e. The van der Waals surface area contributed by atoms with Crippen molar-refractivity contribution in [1.29, 1.82) is 0 Å². The molecule has 182 valence electrons. The number of aryl methyl sites for hydroxylation is 1. The zero-order valence-corrected chi connectivity index (χ0v) is 20.4. The number of fused-ring (bicyclic) bond motifs is 1. The van der Waals surface area contributed by atoms with E-state index < -0.39 is 16.8 Å². The smallest absolute Gasteiger partial charge is 0.341 e. The Hall–Kier alpha value is -2.98. The van der Waals surface area contributed by atoms with Crippen molar-refractivity contribution in [1.82, 2.24) is 4.90 Å². The number of rotatable bonds is 7. The summed E-state index contributed by atoms with van der Waals surface area (Å²) in [6, 6.07) is 4.42. The van der Waals surface area contributed by atoms with Gasteiger partial charge < -0.3 is 19.9 Å². The molecule has 0 spiro atoms. The number of non-ortho nitro benzene ring substituents is 1. The molecule has 10 heteroatoms. The third-order valence-electron chi connectivity index (χ3n) is 6.47. The van der Waals surface area contributed by atoms with Crippen molar-refractivity contribution in [3.63, 3.8) is 0 Å². The van der Waals surface area contributed by atoms with Gasteiger partial charge in [0.25, 0.3) is 11.6 Å². The highest BCUT2D eigenvalue weighted by molar-refractivity contribution is 7.17. The van der Waals surface area contributed by atoms with Crippen molar-refractivity contribution < 1.29 is 19.2 Å². The third-order valence-corrected chi connectivity index (χ3v) is 7.68. The van der Waals surface area contributed by atoms with E-state index in [-0.39, 0.29) is 17.9 Å². The number of piperazine rings is 1. The summed E-state index contributed by atoms with van der Waals surface area (Å²) in [7, 11) is 0. The van der Waals surface area contributed by atoms with E-state index in [1.54, 1.807) is 13.0 Å². The maximum absolute atomic E-state index is 13.5. The predicted molar refractivity (Wildman–Crippen MR) is 132 cm³/mol. The van der Waals surface area contributed by atoms with E-state index in [0.29, 0.717) is 16.3 Å². The first-order valence-electron chi connectivity index (χ1n) is 11.8. The standard InChI is InChI=1S/C24H30N4O5S/c1-3-26-11-13-27(14-12-26)19-10-9-16(28(31)32)15-18(19)22(29)25-23-21(24(30)33-4-2)17-7-5-6-8-20(17)34-23/h9-10,15H,3-8,11-14H2,1-2H3,(H,25,29). The van der Waals surface area contributed by atoms with Crippen LogP contribution in [0.5, 0.6) is 0 Å². The Balaban J connectivity index is 1.68. The minimum atomic E-state index is -0.497. The number of nitro benzene ring substituents is 1. The van der Waals surface area contributed by atoms with Gasteiger partial charge in [0.05, 0.1) is 28.3 Å². The molecule has 1 aliphatic carbocycles. The van der Waals surface area contributed by atoms with Crippen molar-refractivity contribution in [2.24, 2.45) is 0 Å². The lowest BCUT2D eigenvalue weighted by Gasteiger charge is -2.36. The van der Waals surface area contributed by atoms with Crippen LogP contribution in [0.3, 0.4) is 0 Å². The first kappa shape index (κ1) is 24.2. The van der Waals surface area contributed by atoms with Crippen LogP contribution in [0, 0.1) is 10.1 Å². The summed E-state index contributed by atoms with van der Waals surface area (Å²) in [6.45, 7) is 8.25. The van der Waals surface area contributed by atoms with Gasteiger partial charge in [0.15, 0.2) is 0 Å². The summed E-state index contributed by atoms with van der Waals surface area (Å²) < 4.78 is 5.28. The van der Waals surface area contributed by atoms with Crippen LogP contribution in [0.15, 0.2) is 18.2 Å². The van der Waals surface area contributed by atoms with Gasteiger partial charge in [-0.1, -0.05) is 6.92 Å². The lowest BCUT2D eigenvalue weighted by molar-refractivity contribution is -0.384. The Morgan fingerprint density at radius 3 is 2.56 bits per heavy atom. The Bertz CT molecular complexity index is 1090. The molecule has 4 rings (SSSR count). The molecular weight excluding hydrogens is 456 g/mol. The van der Waals surface area contributed by atoms with Gasteiger partial charge in [0, 0.05) is 43.2 Å². The number of carbonyl (C=O) groups excluding carboxylic acids is 2. The number of esters is 1. The van der Waals surface area contributed by atoms with Crippen LogP contribution < -0.4 is 10.2 Å². The molecular formula is C24H30N4O5S. The fourth-order valence-corrected chi connectivity index (χ4v) is 5.92. The highest BCUT2D eigenvalue weighted by Gasteiger charge is 2.29. The van der Waals surface area contributed by atoms with Crippen LogP contribution in [0.1, 0.15) is 57.8 Å². The normalized spacial score (nSPS) is 16.1. The lowest BCUT2D eigenvalue weighted by atomic mass is 9.95. The average Bonchev–Trinajstić information content (AvgIpc) is 3.21. The number of amides is 1. The molecule has 1 aromatic heterocycles. The van der Waals surface area contributed by atoms with E-state index in [4.69, 9.17) is 4.74 Å². The number of likely N-dealkylation sites (N-methyl/N-ethyl adjacent to an activating group) is 1. The number of anilines is 2. The number of nitrogens with one attached hydrogen (secondary N) is 1. The van der Waals surface area contributed by atoms with Crippen LogP contribution >= 0.6 is 11.3 Å². The van der Waals surface area contributed by atoms with Gasteiger partial charge in [-0.3, -0.25) is 14.9 Å². The summed E-state index contributed by atoms with van der Waals surface area (Å²) in [5.74, 6) is -0.895. The molecule has 2 heterocycles. The first-order valence-corrected chi connectivity index (χ1v) is 12.6. The highest BCUT2D eigenvalue weighted by atomic mass is 32.1. The second-order valence-corrected chi connectivity index (χ2v) is 9.57. The van der Waals surface area contributed by atoms with E-state index >= 15 is 0 Å². The summed E-state index contributed by atoms with van der Waals surface area (Å²) in [5, 5.41) is 14.8. The second kappa shape index (κ2) is 10.5. The van der Waals surface area contributed by atoms with Crippen LogP contribution in [0.25, 0.3) is 0 Å². The third kappa shape index (κ3) is 4.92. The zero-order valence-electron chi connectivity index (χ0n) is 19.6. The average molecular weight is 487 g/mol. The van der Waals surface area contributed by atoms with Crippen LogP contribution in [-0.2, 0) is 17.6 Å². The SMILES string of the molecule is CCOC(=O)c1c(NC(=O)c2cc([N+](=O)[O-])ccc2N2CCN(CC)CC2)sc2c1CCCC2. The fourth-order valence-electron chi connectivity index (χ4n) is 4.64. The molecule has 0 bridgehead atoms. The van der Waals surface area contributed by atoms with Gasteiger partial charge in [-0.05, 0) is 50.8 Å². The number of carbonyl (C=O) groups is 2. The Morgan fingerprint density at radius 1 is 1.15 bits per heavy atom. The van der Waals surface area contributed by atoms with Crippen molar-refractivity contribution in [3.05, 3.63) is 49.9 Å². The van der Waals surface area contributed by atoms with E-state index in [2.05, 4.69) is 22.0 Å². The molecule has 34 heavy (non-hydrogen) atoms. The molecule has 1 aliphatic heterocycles. The number of hydrogen-bond donors (Lipinski definition) is 1. The monoisotopic (exact) mass is 486 g/mol. The fraction of sp³-hybridized carbons (Fsp3) is 0.500. The van der Waals surface area contributed by atoms with Gasteiger partial charge in [-0.2, -0.15) is 0 Å². The molecule has 1 saturated heterocycles. The molecule has 1 amide bonds. The summed E-state index contributed by atoms with van der Waals surface area (Å²) >= 11 is 1.41. The molecule has 0 radical (unpaired) electrons. The molecule has 1 aromatic carbocycles. The van der Waals surface area contributed by atoms with E-state index in [9.17, 15) is 19.7 Å². The Kier molecular flexibility index (Phi) is 7.47. The maximum Gasteiger partial charge on any atom is 0.341 e.